The van der Waals surface area contributed by atoms with Crippen molar-refractivity contribution in [2.45, 2.75) is 0 Å². The Kier molecular flexibility index (Phi) is 2.11. The van der Waals surface area contributed by atoms with Crippen LogP contribution in [0.2, 0.25) is 0 Å². The zero-order valence-corrected chi connectivity index (χ0v) is 8.75. The predicted octanol–water partition coefficient (Wildman–Crippen LogP) is 3.00. The molecule has 0 atom stereocenters. The SMILES string of the molecule is [c]1ccc(N2C=CN3C=CC=CC=C32)cc1. The molecule has 2 nitrogen and oxygen atoms in total. The summed E-state index contributed by atoms with van der Waals surface area (Å²) in [4.78, 5) is 4.24. The summed E-state index contributed by atoms with van der Waals surface area (Å²) in [5, 5.41) is 0. The fourth-order valence-corrected chi connectivity index (χ4v) is 1.81. The van der Waals surface area contributed by atoms with E-state index in [0.717, 1.165) is 11.5 Å². The van der Waals surface area contributed by atoms with Crippen molar-refractivity contribution < 1.29 is 0 Å². The zero-order valence-electron chi connectivity index (χ0n) is 8.75. The molecule has 2 aliphatic heterocycles. The number of nitrogens with zero attached hydrogens (tertiary/aromatic N) is 2. The van der Waals surface area contributed by atoms with Crippen LogP contribution < -0.4 is 4.90 Å². The van der Waals surface area contributed by atoms with Gasteiger partial charge < -0.3 is 9.80 Å². The normalized spacial score (nSPS) is 17.4. The maximum Gasteiger partial charge on any atom is 0.121 e. The first-order valence-corrected chi connectivity index (χ1v) is 5.22. The monoisotopic (exact) mass is 207 g/mol. The Morgan fingerprint density at radius 1 is 0.875 bits per heavy atom. The van der Waals surface area contributed by atoms with Crippen LogP contribution in [0, 0.1) is 6.07 Å². The van der Waals surface area contributed by atoms with Gasteiger partial charge in [-0.05, 0) is 30.4 Å². The van der Waals surface area contributed by atoms with Crippen LogP contribution >= 0.6 is 0 Å². The van der Waals surface area contributed by atoms with Crippen LogP contribution in [0.25, 0.3) is 0 Å². The van der Waals surface area contributed by atoms with Gasteiger partial charge >= 0.3 is 0 Å². The minimum atomic E-state index is 1.14. The molecule has 0 saturated heterocycles. The van der Waals surface area contributed by atoms with Crippen LogP contribution in [0.15, 0.2) is 73.0 Å². The van der Waals surface area contributed by atoms with E-state index in [1.54, 1.807) is 0 Å². The topological polar surface area (TPSA) is 6.48 Å². The second-order valence-electron chi connectivity index (χ2n) is 3.58. The first-order chi connectivity index (χ1) is 7.95. The Morgan fingerprint density at radius 2 is 1.75 bits per heavy atom. The van der Waals surface area contributed by atoms with Crippen LogP contribution in [0.3, 0.4) is 0 Å². The molecule has 0 bridgehead atoms. The summed E-state index contributed by atoms with van der Waals surface area (Å²) in [6.07, 6.45) is 14.3. The van der Waals surface area contributed by atoms with Crippen molar-refractivity contribution >= 4 is 5.69 Å². The minimum absolute atomic E-state index is 1.14. The number of rotatable bonds is 1. The van der Waals surface area contributed by atoms with E-state index in [2.05, 4.69) is 28.1 Å². The molecule has 1 radical (unpaired) electrons. The lowest BCUT2D eigenvalue weighted by Gasteiger charge is -2.21. The number of hydrogen-bond acceptors (Lipinski definition) is 2. The molecule has 2 aliphatic rings. The van der Waals surface area contributed by atoms with E-state index in [1.807, 2.05) is 54.9 Å². The quantitative estimate of drug-likeness (QED) is 0.698. The molecule has 0 saturated carbocycles. The van der Waals surface area contributed by atoms with E-state index in [0.29, 0.717) is 0 Å². The molecule has 2 heterocycles. The first kappa shape index (κ1) is 9.04. The summed E-state index contributed by atoms with van der Waals surface area (Å²) >= 11 is 0. The lowest BCUT2D eigenvalue weighted by Crippen LogP contribution is -2.18. The number of fused-ring (bicyclic) bond motifs is 1. The highest BCUT2D eigenvalue weighted by atomic mass is 15.4. The average Bonchev–Trinajstić information content (AvgIpc) is 2.60. The molecule has 0 N–H and O–H groups in total. The summed E-state index contributed by atoms with van der Waals surface area (Å²) in [7, 11) is 0. The highest BCUT2D eigenvalue weighted by Gasteiger charge is 2.18. The Bertz CT molecular complexity index is 495. The Balaban J connectivity index is 2.00. The molecule has 1 aromatic carbocycles. The largest absolute Gasteiger partial charge is 0.308 e. The molecule has 1 aromatic rings. The summed E-state index contributed by atoms with van der Waals surface area (Å²) < 4.78 is 0. The first-order valence-electron chi connectivity index (χ1n) is 5.22. The second-order valence-corrected chi connectivity index (χ2v) is 3.58. The summed E-state index contributed by atoms with van der Waals surface area (Å²) in [5.74, 6) is 1.14. The van der Waals surface area contributed by atoms with Gasteiger partial charge in [-0.25, -0.2) is 0 Å². The average molecular weight is 207 g/mol. The molecule has 0 unspecified atom stereocenters. The maximum atomic E-state index is 3.03. The number of hydrogen-bond donors (Lipinski definition) is 0. The molecule has 3 rings (SSSR count). The van der Waals surface area contributed by atoms with Gasteiger partial charge in [0.25, 0.3) is 0 Å². The fourth-order valence-electron chi connectivity index (χ4n) is 1.81. The van der Waals surface area contributed by atoms with Gasteiger partial charge in [0.15, 0.2) is 0 Å². The van der Waals surface area contributed by atoms with Crippen LogP contribution in [0.4, 0.5) is 5.69 Å². The highest BCUT2D eigenvalue weighted by Crippen LogP contribution is 2.27. The van der Waals surface area contributed by atoms with E-state index < -0.39 is 0 Å². The molecule has 0 aromatic heterocycles. The maximum absolute atomic E-state index is 3.03. The second kappa shape index (κ2) is 3.74. The van der Waals surface area contributed by atoms with Crippen LogP contribution in [0.1, 0.15) is 0 Å². The van der Waals surface area contributed by atoms with Gasteiger partial charge in [-0.1, -0.05) is 24.3 Å². The van der Waals surface area contributed by atoms with Crippen molar-refractivity contribution in [1.82, 2.24) is 4.90 Å². The number of anilines is 1. The van der Waals surface area contributed by atoms with E-state index in [9.17, 15) is 0 Å². The predicted molar refractivity (Wildman–Crippen MR) is 65.1 cm³/mol. The van der Waals surface area contributed by atoms with Crippen molar-refractivity contribution in [3.63, 3.8) is 0 Å². The lowest BCUT2D eigenvalue weighted by atomic mass is 10.3. The molecule has 0 aliphatic carbocycles. The van der Waals surface area contributed by atoms with E-state index in [1.165, 1.54) is 0 Å². The Hall–Kier alpha value is -2.22. The van der Waals surface area contributed by atoms with E-state index in [4.69, 9.17) is 0 Å². The Morgan fingerprint density at radius 3 is 2.62 bits per heavy atom. The van der Waals surface area contributed by atoms with Gasteiger partial charge in [-0.15, -0.1) is 0 Å². The lowest BCUT2D eigenvalue weighted by molar-refractivity contribution is 0.647. The molecular weight excluding hydrogens is 196 g/mol. The van der Waals surface area contributed by atoms with Gasteiger partial charge in [0.05, 0.1) is 0 Å². The third kappa shape index (κ3) is 1.44. The van der Waals surface area contributed by atoms with E-state index >= 15 is 0 Å². The fraction of sp³-hybridized carbons (Fsp3) is 0. The molecule has 0 amide bonds. The van der Waals surface area contributed by atoms with Crippen LogP contribution in [-0.4, -0.2) is 4.90 Å². The van der Waals surface area contributed by atoms with Crippen molar-refractivity contribution in [3.8, 4) is 0 Å². The van der Waals surface area contributed by atoms with E-state index in [-0.39, 0.29) is 0 Å². The smallest absolute Gasteiger partial charge is 0.121 e. The van der Waals surface area contributed by atoms with Gasteiger partial charge in [-0.2, -0.15) is 0 Å². The minimum Gasteiger partial charge on any atom is -0.308 e. The van der Waals surface area contributed by atoms with Gasteiger partial charge in [0.2, 0.25) is 0 Å². The van der Waals surface area contributed by atoms with Crippen LogP contribution in [0.5, 0.6) is 0 Å². The van der Waals surface area contributed by atoms with Crippen molar-refractivity contribution in [2.75, 3.05) is 4.90 Å². The summed E-state index contributed by atoms with van der Waals surface area (Å²) in [5.41, 5.74) is 1.15. The standard InChI is InChI=1S/C14H11N2/c1-3-7-13(8-4-1)16-12-11-15-10-6-2-5-9-14(15)16/h2-12H. The third-order valence-electron chi connectivity index (χ3n) is 2.58. The van der Waals surface area contributed by atoms with Gasteiger partial charge in [0, 0.05) is 24.3 Å². The molecular formula is C14H11N2. The summed E-state index contributed by atoms with van der Waals surface area (Å²) in [6.45, 7) is 0. The molecule has 2 heteroatoms. The molecule has 0 spiro atoms. The molecule has 77 valence electrons. The van der Waals surface area contributed by atoms with Crippen LogP contribution in [-0.2, 0) is 0 Å². The van der Waals surface area contributed by atoms with Crippen molar-refractivity contribution in [1.29, 1.82) is 0 Å². The Labute approximate surface area is 95.1 Å². The zero-order chi connectivity index (χ0) is 10.8. The van der Waals surface area contributed by atoms with Crippen molar-refractivity contribution in [3.05, 3.63) is 79.1 Å². The van der Waals surface area contributed by atoms with Gasteiger partial charge in [0.1, 0.15) is 5.82 Å². The third-order valence-corrected chi connectivity index (χ3v) is 2.58. The summed E-state index contributed by atoms with van der Waals surface area (Å²) in [6, 6.07) is 11.0. The molecule has 0 fully saturated rings. The number of allylic oxidation sites excluding steroid dienone is 4. The molecule has 16 heavy (non-hydrogen) atoms. The van der Waals surface area contributed by atoms with Crippen molar-refractivity contribution in [2.24, 2.45) is 0 Å². The highest BCUT2D eigenvalue weighted by molar-refractivity contribution is 5.58. The van der Waals surface area contributed by atoms with Gasteiger partial charge in [-0.3, -0.25) is 0 Å². The number of benzene rings is 1.